The number of carbonyl (C=O) groups excluding carboxylic acids is 1. The van der Waals surface area contributed by atoms with E-state index in [9.17, 15) is 4.79 Å². The zero-order valence-electron chi connectivity index (χ0n) is 10.9. The van der Waals surface area contributed by atoms with Crippen LogP contribution in [0, 0.1) is 6.92 Å². The Labute approximate surface area is 120 Å². The Morgan fingerprint density at radius 3 is 2.65 bits per heavy atom. The molecule has 1 amide bonds. The lowest BCUT2D eigenvalue weighted by Crippen LogP contribution is -2.10. The molecule has 0 fully saturated rings. The van der Waals surface area contributed by atoms with Crippen LogP contribution in [0.4, 0.5) is 0 Å². The van der Waals surface area contributed by atoms with Crippen LogP contribution < -0.4 is 5.73 Å². The number of hydrogen-bond donors (Lipinski definition) is 2. The first-order valence-corrected chi connectivity index (χ1v) is 6.98. The van der Waals surface area contributed by atoms with Crippen LogP contribution in [0.1, 0.15) is 15.4 Å². The van der Waals surface area contributed by atoms with E-state index in [-0.39, 0.29) is 0 Å². The number of nitrogens with two attached hydrogens (primary N) is 1. The number of primary amides is 1. The fourth-order valence-corrected chi connectivity index (χ4v) is 3.10. The van der Waals surface area contributed by atoms with E-state index in [0.717, 1.165) is 16.1 Å². The van der Waals surface area contributed by atoms with Gasteiger partial charge in [0.05, 0.1) is 5.69 Å². The molecule has 3 rings (SSSR count). The van der Waals surface area contributed by atoms with Crippen LogP contribution in [0.5, 0.6) is 0 Å². The molecule has 3 aromatic rings. The number of aryl methyl sites for hydroxylation is 1. The molecule has 3 N–H and O–H groups in total. The van der Waals surface area contributed by atoms with Crippen molar-refractivity contribution in [1.29, 1.82) is 0 Å². The van der Waals surface area contributed by atoms with Gasteiger partial charge in [-0.3, -0.25) is 9.89 Å². The van der Waals surface area contributed by atoms with E-state index in [1.54, 1.807) is 17.4 Å². The number of nitrogens with one attached hydrogen (secondary N) is 1. The van der Waals surface area contributed by atoms with Gasteiger partial charge in [-0.25, -0.2) is 0 Å². The average molecular weight is 283 g/mol. The maximum Gasteiger partial charge on any atom is 0.266 e. The normalized spacial score (nSPS) is 10.7. The van der Waals surface area contributed by atoms with Gasteiger partial charge in [0.1, 0.15) is 5.69 Å². The van der Waals surface area contributed by atoms with Crippen LogP contribution in [-0.4, -0.2) is 16.1 Å². The molecule has 1 aromatic carbocycles. The van der Waals surface area contributed by atoms with Crippen LogP contribution in [0.25, 0.3) is 21.7 Å². The van der Waals surface area contributed by atoms with Crippen molar-refractivity contribution in [2.24, 2.45) is 5.73 Å². The minimum absolute atomic E-state index is 0.326. The van der Waals surface area contributed by atoms with Gasteiger partial charge in [0.15, 0.2) is 0 Å². The molecular formula is C15H13N3OS. The van der Waals surface area contributed by atoms with Gasteiger partial charge in [0.25, 0.3) is 5.91 Å². The summed E-state index contributed by atoms with van der Waals surface area (Å²) in [6.45, 7) is 2.05. The summed E-state index contributed by atoms with van der Waals surface area (Å²) in [5.74, 6) is -0.500. The molecule has 0 aliphatic carbocycles. The lowest BCUT2D eigenvalue weighted by Gasteiger charge is -1.94. The Bertz CT molecular complexity index is 759. The van der Waals surface area contributed by atoms with Crippen molar-refractivity contribution in [3.8, 4) is 21.7 Å². The van der Waals surface area contributed by atoms with Crippen molar-refractivity contribution in [1.82, 2.24) is 10.2 Å². The molecule has 20 heavy (non-hydrogen) atoms. The molecule has 4 nitrogen and oxygen atoms in total. The average Bonchev–Trinajstić information content (AvgIpc) is 3.06. The van der Waals surface area contributed by atoms with Gasteiger partial charge in [-0.15, -0.1) is 11.3 Å². The number of nitrogens with zero attached hydrogens (tertiary/aromatic N) is 1. The number of hydrogen-bond acceptors (Lipinski definition) is 3. The lowest BCUT2D eigenvalue weighted by atomic mass is 10.1. The van der Waals surface area contributed by atoms with Crippen molar-refractivity contribution in [3.05, 3.63) is 53.0 Å². The number of thiophene rings is 1. The Kier molecular flexibility index (Phi) is 3.12. The molecule has 2 aromatic heterocycles. The van der Waals surface area contributed by atoms with Gasteiger partial charge in [0.2, 0.25) is 0 Å². The highest BCUT2D eigenvalue weighted by atomic mass is 32.1. The lowest BCUT2D eigenvalue weighted by molar-refractivity contribution is 0.0995. The number of H-pyrrole nitrogens is 1. The summed E-state index contributed by atoms with van der Waals surface area (Å²) in [6.07, 6.45) is 0. The third kappa shape index (κ3) is 2.23. The number of rotatable bonds is 3. The maximum atomic E-state index is 11.1. The molecule has 0 atom stereocenters. The summed E-state index contributed by atoms with van der Waals surface area (Å²) < 4.78 is 0. The highest BCUT2D eigenvalue weighted by Crippen LogP contribution is 2.36. The van der Waals surface area contributed by atoms with E-state index in [1.807, 2.05) is 25.1 Å². The summed E-state index contributed by atoms with van der Waals surface area (Å²) in [5, 5.41) is 6.82. The Balaban J connectivity index is 2.02. The molecule has 5 heteroatoms. The van der Waals surface area contributed by atoms with Crippen LogP contribution in [0.15, 0.2) is 42.5 Å². The second-order valence-corrected chi connectivity index (χ2v) is 5.73. The minimum atomic E-state index is -0.500. The van der Waals surface area contributed by atoms with Crippen molar-refractivity contribution in [2.75, 3.05) is 0 Å². The van der Waals surface area contributed by atoms with Crippen molar-refractivity contribution < 1.29 is 4.79 Å². The largest absolute Gasteiger partial charge is 0.364 e. The fraction of sp³-hybridized carbons (Fsp3) is 0.0667. The highest BCUT2D eigenvalue weighted by molar-refractivity contribution is 7.16. The van der Waals surface area contributed by atoms with Crippen molar-refractivity contribution in [2.45, 2.75) is 6.92 Å². The quantitative estimate of drug-likeness (QED) is 0.774. The van der Waals surface area contributed by atoms with Gasteiger partial charge in [-0.2, -0.15) is 5.10 Å². The summed E-state index contributed by atoms with van der Waals surface area (Å²) in [5.41, 5.74) is 8.51. The second kappa shape index (κ2) is 4.94. The molecule has 0 radical (unpaired) electrons. The number of aromatic nitrogens is 2. The summed E-state index contributed by atoms with van der Waals surface area (Å²) in [4.78, 5) is 13.5. The molecule has 0 bridgehead atoms. The topological polar surface area (TPSA) is 71.8 Å². The third-order valence-corrected chi connectivity index (χ3v) is 4.19. The minimum Gasteiger partial charge on any atom is -0.364 e. The van der Waals surface area contributed by atoms with E-state index in [2.05, 4.69) is 28.4 Å². The van der Waals surface area contributed by atoms with Crippen molar-refractivity contribution in [3.63, 3.8) is 0 Å². The van der Waals surface area contributed by atoms with E-state index in [4.69, 9.17) is 5.73 Å². The predicted molar refractivity (Wildman–Crippen MR) is 80.6 cm³/mol. The molecule has 100 valence electrons. The predicted octanol–water partition coefficient (Wildman–Crippen LogP) is 3.21. The first-order chi connectivity index (χ1) is 9.65. The zero-order chi connectivity index (χ0) is 14.1. The van der Waals surface area contributed by atoms with Crippen LogP contribution in [0.3, 0.4) is 0 Å². The van der Waals surface area contributed by atoms with E-state index in [1.165, 1.54) is 10.4 Å². The fourth-order valence-electron chi connectivity index (χ4n) is 2.07. The smallest absolute Gasteiger partial charge is 0.266 e. The first-order valence-electron chi connectivity index (χ1n) is 6.16. The molecule has 0 spiro atoms. The maximum absolute atomic E-state index is 11.1. The van der Waals surface area contributed by atoms with Gasteiger partial charge in [-0.05, 0) is 24.6 Å². The Hall–Kier alpha value is -2.40. The number of amides is 1. The highest BCUT2D eigenvalue weighted by Gasteiger charge is 2.13. The Morgan fingerprint density at radius 2 is 2.00 bits per heavy atom. The molecular weight excluding hydrogens is 270 g/mol. The van der Waals surface area contributed by atoms with Gasteiger partial charge in [-0.1, -0.05) is 30.3 Å². The zero-order valence-corrected chi connectivity index (χ0v) is 11.7. The van der Waals surface area contributed by atoms with Gasteiger partial charge >= 0.3 is 0 Å². The van der Waals surface area contributed by atoms with E-state index < -0.39 is 5.91 Å². The number of aromatic amines is 1. The number of benzene rings is 1. The SMILES string of the molecule is Cc1sc(-c2ccccc2)cc1-c1cc(C(N)=O)[nH]n1. The van der Waals surface area contributed by atoms with Gasteiger partial charge in [0, 0.05) is 15.3 Å². The van der Waals surface area contributed by atoms with Crippen LogP contribution in [-0.2, 0) is 0 Å². The standard InChI is InChI=1S/C15H13N3OS/c1-9-11(12-8-13(15(16)19)18-17-12)7-14(20-9)10-5-3-2-4-6-10/h2-8H,1H3,(H2,16,19)(H,17,18). The molecule has 0 aliphatic heterocycles. The van der Waals surface area contributed by atoms with E-state index in [0.29, 0.717) is 5.69 Å². The van der Waals surface area contributed by atoms with E-state index >= 15 is 0 Å². The van der Waals surface area contributed by atoms with Crippen LogP contribution >= 0.6 is 11.3 Å². The Morgan fingerprint density at radius 1 is 1.25 bits per heavy atom. The molecule has 2 heterocycles. The third-order valence-electron chi connectivity index (χ3n) is 3.10. The van der Waals surface area contributed by atoms with Crippen molar-refractivity contribution >= 4 is 17.2 Å². The summed E-state index contributed by atoms with van der Waals surface area (Å²) >= 11 is 1.71. The second-order valence-electron chi connectivity index (χ2n) is 4.48. The molecule has 0 saturated heterocycles. The first kappa shape index (κ1) is 12.6. The molecule has 0 saturated carbocycles. The summed E-state index contributed by atoms with van der Waals surface area (Å²) in [6, 6.07) is 14.0. The number of carbonyl (C=O) groups is 1. The monoisotopic (exact) mass is 283 g/mol. The van der Waals surface area contributed by atoms with Gasteiger partial charge < -0.3 is 5.73 Å². The molecule has 0 unspecified atom stereocenters. The van der Waals surface area contributed by atoms with Crippen LogP contribution in [0.2, 0.25) is 0 Å². The summed E-state index contributed by atoms with van der Waals surface area (Å²) in [7, 11) is 0. The molecule has 0 aliphatic rings.